The van der Waals surface area contributed by atoms with E-state index in [1.807, 2.05) is 34.6 Å². The molecule has 1 N–H and O–H groups in total. The lowest BCUT2D eigenvalue weighted by molar-refractivity contribution is -0.237. The molecular weight excluding hydrogens is 468 g/mol. The Kier molecular flexibility index (Phi) is 4.69. The second-order valence-electron chi connectivity index (χ2n) is 12.5. The van der Waals surface area contributed by atoms with Crippen molar-refractivity contribution < 1.29 is 42.9 Å². The number of furan rings is 1. The minimum Gasteiger partial charge on any atom is -0.472 e. The van der Waals surface area contributed by atoms with Crippen molar-refractivity contribution in [1.29, 1.82) is 0 Å². The molecule has 0 aromatic carbocycles. The number of methoxy groups -OCH3 is 1. The molecule has 3 saturated heterocycles. The first-order valence-corrected chi connectivity index (χ1v) is 12.7. The smallest absolute Gasteiger partial charge is 0.339 e. The van der Waals surface area contributed by atoms with E-state index in [0.29, 0.717) is 5.56 Å². The molecule has 4 heterocycles. The molecule has 10 atom stereocenters. The quantitative estimate of drug-likeness (QED) is 0.491. The van der Waals surface area contributed by atoms with Crippen molar-refractivity contribution in [3.8, 4) is 0 Å². The number of ether oxygens (including phenoxy) is 4. The Morgan fingerprint density at radius 3 is 2.50 bits per heavy atom. The predicted molar refractivity (Wildman–Crippen MR) is 122 cm³/mol. The van der Waals surface area contributed by atoms with Crippen LogP contribution in [0.4, 0.5) is 0 Å². The number of aliphatic hydroxyl groups excluding tert-OH is 1. The summed E-state index contributed by atoms with van der Waals surface area (Å²) in [5.74, 6) is -1.83. The number of rotatable bonds is 3. The van der Waals surface area contributed by atoms with E-state index in [-0.39, 0.29) is 31.0 Å². The van der Waals surface area contributed by atoms with Crippen molar-refractivity contribution in [2.75, 3.05) is 7.11 Å². The molecular formula is C27H34O9. The van der Waals surface area contributed by atoms with Gasteiger partial charge in [-0.25, -0.2) is 4.79 Å². The van der Waals surface area contributed by atoms with Gasteiger partial charge in [0.25, 0.3) is 0 Å². The van der Waals surface area contributed by atoms with Crippen molar-refractivity contribution in [2.24, 2.45) is 28.1 Å². The fourth-order valence-corrected chi connectivity index (χ4v) is 9.32. The van der Waals surface area contributed by atoms with Gasteiger partial charge in [-0.2, -0.15) is 0 Å². The molecule has 36 heavy (non-hydrogen) atoms. The number of aliphatic hydroxyl groups is 1. The summed E-state index contributed by atoms with van der Waals surface area (Å²) in [6, 6.07) is 1.74. The number of ketones is 1. The molecule has 6 rings (SSSR count). The zero-order valence-corrected chi connectivity index (χ0v) is 21.5. The van der Waals surface area contributed by atoms with Crippen molar-refractivity contribution in [3.63, 3.8) is 0 Å². The van der Waals surface area contributed by atoms with E-state index in [4.69, 9.17) is 23.4 Å². The summed E-state index contributed by atoms with van der Waals surface area (Å²) < 4.78 is 28.9. The van der Waals surface area contributed by atoms with E-state index in [1.165, 1.54) is 19.6 Å². The number of esters is 2. The minimum absolute atomic E-state index is 0.00859. The number of cyclic esters (lactones) is 1. The zero-order valence-electron chi connectivity index (χ0n) is 21.5. The van der Waals surface area contributed by atoms with Gasteiger partial charge >= 0.3 is 11.9 Å². The van der Waals surface area contributed by atoms with Gasteiger partial charge in [0.1, 0.15) is 17.5 Å². The second kappa shape index (κ2) is 6.99. The molecule has 0 amide bonds. The molecule has 1 aromatic heterocycles. The molecule has 9 heteroatoms. The van der Waals surface area contributed by atoms with E-state index < -0.39 is 69.7 Å². The number of Topliss-reactive ketones (excluding diaryl/α,β-unsaturated/α-hetero) is 1. The lowest BCUT2D eigenvalue weighted by Gasteiger charge is -2.65. The Labute approximate surface area is 209 Å². The topological polar surface area (TPSA) is 125 Å². The average Bonchev–Trinajstić information content (AvgIpc) is 3.32. The van der Waals surface area contributed by atoms with Gasteiger partial charge in [-0.1, -0.05) is 13.8 Å². The van der Waals surface area contributed by atoms with Gasteiger partial charge in [0.05, 0.1) is 49.3 Å². The second-order valence-corrected chi connectivity index (χ2v) is 12.5. The number of carbonyl (C=O) groups is 3. The van der Waals surface area contributed by atoms with Crippen molar-refractivity contribution >= 4 is 17.7 Å². The summed E-state index contributed by atoms with van der Waals surface area (Å²) in [6.45, 7) is 9.66. The number of epoxide rings is 1. The summed E-state index contributed by atoms with van der Waals surface area (Å²) in [7, 11) is 1.34. The van der Waals surface area contributed by atoms with Crippen LogP contribution in [-0.4, -0.2) is 59.5 Å². The summed E-state index contributed by atoms with van der Waals surface area (Å²) in [4.78, 5) is 39.9. The minimum atomic E-state index is -1.21. The zero-order chi connectivity index (χ0) is 26.1. The maximum absolute atomic E-state index is 14.3. The number of hydrogen-bond donors (Lipinski definition) is 1. The van der Waals surface area contributed by atoms with Gasteiger partial charge in [-0.15, -0.1) is 0 Å². The highest BCUT2D eigenvalue weighted by Gasteiger charge is 2.90. The third-order valence-corrected chi connectivity index (χ3v) is 10.7. The van der Waals surface area contributed by atoms with Gasteiger partial charge in [-0.3, -0.25) is 9.59 Å². The maximum Gasteiger partial charge on any atom is 0.339 e. The van der Waals surface area contributed by atoms with Crippen LogP contribution in [-0.2, 0) is 33.3 Å². The Morgan fingerprint density at radius 1 is 1.14 bits per heavy atom. The van der Waals surface area contributed by atoms with Crippen LogP contribution >= 0.6 is 0 Å². The van der Waals surface area contributed by atoms with Crippen LogP contribution in [0.1, 0.15) is 65.5 Å². The largest absolute Gasteiger partial charge is 0.472 e. The highest BCUT2D eigenvalue weighted by molar-refractivity contribution is 5.93. The first-order valence-electron chi connectivity index (χ1n) is 12.7. The van der Waals surface area contributed by atoms with Crippen LogP contribution in [0.3, 0.4) is 0 Å². The normalized spacial score (nSPS) is 50.3. The molecule has 9 nitrogen and oxygen atoms in total. The van der Waals surface area contributed by atoms with Crippen LogP contribution < -0.4 is 0 Å². The third kappa shape index (κ3) is 2.50. The molecule has 196 valence electrons. The summed E-state index contributed by atoms with van der Waals surface area (Å²) in [5.41, 5.74) is -4.04. The maximum atomic E-state index is 14.3. The van der Waals surface area contributed by atoms with Gasteiger partial charge < -0.3 is 28.5 Å². The fourth-order valence-electron chi connectivity index (χ4n) is 9.32. The van der Waals surface area contributed by atoms with E-state index in [1.54, 1.807) is 6.07 Å². The SMILES string of the molecule is COC(=O)C[C@@H]1OC(C)(C)[C@@H]2CC(=O)[C@]3(C)[C@H]([C@@H](O)C[C@@]4(C)[C@H](c5ccoc5)OC(=O)[C@H]5O[C@]543)[C@@]12C. The monoisotopic (exact) mass is 502 g/mol. The van der Waals surface area contributed by atoms with Gasteiger partial charge in [0.2, 0.25) is 0 Å². The highest BCUT2D eigenvalue weighted by atomic mass is 16.7. The Hall–Kier alpha value is -2.23. The standard InChI is InChI=1S/C27H34O9/c1-23(2)15-9-16(29)26(5)19(25(15,4)17(35-23)10-18(30)32-6)14(28)11-24(3)20(13-7-8-33-12-13)34-22(31)21-27(24,26)36-21/h7-8,12,14-15,17,19-21,28H,9-11H2,1-6H3/t14-,15-,17-,19+,20-,21+,24-,25+,26+,27+/m0/s1. The lowest BCUT2D eigenvalue weighted by atomic mass is 9.37. The summed E-state index contributed by atoms with van der Waals surface area (Å²) in [5, 5.41) is 12.0. The van der Waals surface area contributed by atoms with E-state index in [0.717, 1.165) is 0 Å². The molecule has 1 aromatic rings. The lowest BCUT2D eigenvalue weighted by Crippen LogP contribution is -2.74. The van der Waals surface area contributed by atoms with E-state index >= 15 is 0 Å². The number of fused-ring (bicyclic) bond motifs is 3. The number of hydrogen-bond acceptors (Lipinski definition) is 9. The van der Waals surface area contributed by atoms with Crippen molar-refractivity contribution in [1.82, 2.24) is 0 Å². The van der Waals surface area contributed by atoms with Crippen LogP contribution in [0, 0.1) is 28.1 Å². The summed E-state index contributed by atoms with van der Waals surface area (Å²) in [6.07, 6.45) is 0.337. The first-order chi connectivity index (χ1) is 16.8. The fraction of sp³-hybridized carbons (Fsp3) is 0.741. The van der Waals surface area contributed by atoms with Gasteiger partial charge in [-0.05, 0) is 33.3 Å². The molecule has 1 spiro atoms. The predicted octanol–water partition coefficient (Wildman–Crippen LogP) is 2.74. The van der Waals surface area contributed by atoms with E-state index in [9.17, 15) is 19.5 Å². The third-order valence-electron chi connectivity index (χ3n) is 10.7. The first kappa shape index (κ1) is 24.1. The van der Waals surface area contributed by atoms with Crippen LogP contribution in [0.2, 0.25) is 0 Å². The van der Waals surface area contributed by atoms with E-state index in [2.05, 4.69) is 0 Å². The molecule has 2 aliphatic carbocycles. The van der Waals surface area contributed by atoms with Crippen LogP contribution in [0.25, 0.3) is 0 Å². The Balaban J connectivity index is 1.53. The van der Waals surface area contributed by atoms with Crippen molar-refractivity contribution in [3.05, 3.63) is 24.2 Å². The van der Waals surface area contributed by atoms with Crippen molar-refractivity contribution in [2.45, 2.75) is 89.5 Å². The van der Waals surface area contributed by atoms with Crippen LogP contribution in [0.15, 0.2) is 23.0 Å². The van der Waals surface area contributed by atoms with Gasteiger partial charge in [0.15, 0.2) is 6.10 Å². The van der Waals surface area contributed by atoms with Crippen LogP contribution in [0.5, 0.6) is 0 Å². The molecule has 0 radical (unpaired) electrons. The summed E-state index contributed by atoms with van der Waals surface area (Å²) >= 11 is 0. The molecule has 0 unspecified atom stereocenters. The Morgan fingerprint density at radius 2 is 1.86 bits per heavy atom. The molecule has 0 bridgehead atoms. The number of carbonyl (C=O) groups excluding carboxylic acids is 3. The highest BCUT2D eigenvalue weighted by Crippen LogP contribution is 2.79. The molecule has 5 aliphatic rings. The molecule has 5 fully saturated rings. The van der Waals surface area contributed by atoms with Gasteiger partial charge in [0, 0.05) is 34.7 Å². The molecule has 3 aliphatic heterocycles. The average molecular weight is 503 g/mol. The Bertz CT molecular complexity index is 1140. The molecule has 2 saturated carbocycles.